The van der Waals surface area contributed by atoms with Gasteiger partial charge < -0.3 is 0 Å². The summed E-state index contributed by atoms with van der Waals surface area (Å²) in [5.74, 6) is 1.53. The fourth-order valence-electron chi connectivity index (χ4n) is 1.49. The molecule has 0 atom stereocenters. The van der Waals surface area contributed by atoms with Crippen molar-refractivity contribution in [2.45, 2.75) is 13.8 Å². The maximum Gasteiger partial charge on any atom is 0.151 e. The van der Waals surface area contributed by atoms with Gasteiger partial charge in [0.15, 0.2) is 11.6 Å². The highest BCUT2D eigenvalue weighted by molar-refractivity contribution is 9.12. The molecule has 2 aromatic rings. The minimum atomic E-state index is 0.767. The number of aromatic nitrogens is 3. The van der Waals surface area contributed by atoms with E-state index in [1.807, 2.05) is 50.3 Å². The molecule has 0 radical (unpaired) electrons. The van der Waals surface area contributed by atoms with Crippen molar-refractivity contribution in [3.63, 3.8) is 0 Å². The maximum absolute atomic E-state index is 4.31. The molecule has 4 nitrogen and oxygen atoms in total. The first-order valence-electron chi connectivity index (χ1n) is 5.52. The van der Waals surface area contributed by atoms with Gasteiger partial charge in [-0.25, -0.2) is 4.68 Å². The van der Waals surface area contributed by atoms with Crippen LogP contribution in [0.15, 0.2) is 39.9 Å². The molecule has 0 amide bonds. The predicted molar refractivity (Wildman–Crippen MR) is 76.7 cm³/mol. The van der Waals surface area contributed by atoms with E-state index in [1.165, 1.54) is 0 Å². The summed E-state index contributed by atoms with van der Waals surface area (Å²) in [5, 5.41) is 12.2. The van der Waals surface area contributed by atoms with Crippen LogP contribution in [-0.2, 0) is 0 Å². The lowest BCUT2D eigenvalue weighted by Gasteiger charge is -1.97. The normalized spacial score (nSPS) is 12.3. The molecule has 0 unspecified atom stereocenters. The summed E-state index contributed by atoms with van der Waals surface area (Å²) in [7, 11) is 0. The lowest BCUT2D eigenvalue weighted by molar-refractivity contribution is 0.799. The average molecular weight is 305 g/mol. The largest absolute Gasteiger partial charge is 0.202 e. The Kier molecular flexibility index (Phi) is 4.04. The van der Waals surface area contributed by atoms with Gasteiger partial charge in [-0.3, -0.25) is 0 Å². The molecule has 0 aliphatic carbocycles. The van der Waals surface area contributed by atoms with Crippen molar-refractivity contribution in [3.05, 3.63) is 52.0 Å². The van der Waals surface area contributed by atoms with Crippen LogP contribution < -0.4 is 0 Å². The molecule has 92 valence electrons. The highest BCUT2D eigenvalue weighted by Crippen LogP contribution is 2.10. The van der Waals surface area contributed by atoms with Crippen LogP contribution in [0.3, 0.4) is 0 Å². The van der Waals surface area contributed by atoms with E-state index in [2.05, 4.69) is 31.2 Å². The highest BCUT2D eigenvalue weighted by Gasteiger charge is 2.00. The molecule has 0 saturated heterocycles. The first-order valence-corrected chi connectivity index (χ1v) is 6.31. The second-order valence-corrected chi connectivity index (χ2v) is 4.71. The quantitative estimate of drug-likeness (QED) is 0.818. The minimum Gasteiger partial charge on any atom is -0.202 e. The van der Waals surface area contributed by atoms with Crippen LogP contribution in [0.25, 0.3) is 6.08 Å². The molecule has 0 spiro atoms. The van der Waals surface area contributed by atoms with Crippen molar-refractivity contribution in [2.75, 3.05) is 0 Å². The molecule has 1 aromatic carbocycles. The molecular weight excluding hydrogens is 292 g/mol. The van der Waals surface area contributed by atoms with Gasteiger partial charge in [0.25, 0.3) is 0 Å². The monoisotopic (exact) mass is 304 g/mol. The van der Waals surface area contributed by atoms with Crippen molar-refractivity contribution < 1.29 is 0 Å². The van der Waals surface area contributed by atoms with Crippen LogP contribution in [0.4, 0.5) is 0 Å². The third kappa shape index (κ3) is 3.13. The predicted octanol–water partition coefficient (Wildman–Crippen LogP) is 3.16. The van der Waals surface area contributed by atoms with E-state index >= 15 is 0 Å². The van der Waals surface area contributed by atoms with Crippen molar-refractivity contribution >= 4 is 28.2 Å². The van der Waals surface area contributed by atoms with Crippen LogP contribution in [-0.4, -0.2) is 21.1 Å². The third-order valence-electron chi connectivity index (χ3n) is 2.35. The standard InChI is InChI=1S/C13H13BrN4/c1-10-16-17-11(2)18(10)15-9-13(14)8-12-6-4-3-5-7-12/h3-9H,1-2H3/b13-8-,15-9?. The van der Waals surface area contributed by atoms with E-state index in [4.69, 9.17) is 0 Å². The van der Waals surface area contributed by atoms with Crippen LogP contribution in [0.5, 0.6) is 0 Å². The molecule has 5 heteroatoms. The molecule has 18 heavy (non-hydrogen) atoms. The number of hydrogen-bond donors (Lipinski definition) is 0. The summed E-state index contributed by atoms with van der Waals surface area (Å²) in [6.45, 7) is 3.73. The van der Waals surface area contributed by atoms with Crippen molar-refractivity contribution in [1.29, 1.82) is 0 Å². The third-order valence-corrected chi connectivity index (χ3v) is 2.79. The van der Waals surface area contributed by atoms with Crippen molar-refractivity contribution in [1.82, 2.24) is 14.9 Å². The Morgan fingerprint density at radius 2 is 1.78 bits per heavy atom. The van der Waals surface area contributed by atoms with E-state index in [-0.39, 0.29) is 0 Å². The molecule has 1 aromatic heterocycles. The van der Waals surface area contributed by atoms with Gasteiger partial charge in [-0.1, -0.05) is 30.3 Å². The number of nitrogens with zero attached hydrogens (tertiary/aromatic N) is 4. The lowest BCUT2D eigenvalue weighted by Crippen LogP contribution is -1.95. The molecule has 0 fully saturated rings. The molecule has 0 N–H and O–H groups in total. The van der Waals surface area contributed by atoms with Gasteiger partial charge >= 0.3 is 0 Å². The molecule has 0 aliphatic heterocycles. The first kappa shape index (κ1) is 12.7. The summed E-state index contributed by atoms with van der Waals surface area (Å²) < 4.78 is 2.58. The van der Waals surface area contributed by atoms with Crippen molar-refractivity contribution in [2.24, 2.45) is 5.10 Å². The first-order chi connectivity index (χ1) is 8.66. The zero-order chi connectivity index (χ0) is 13.0. The molecule has 0 aliphatic rings. The Balaban J connectivity index is 2.17. The van der Waals surface area contributed by atoms with Crippen molar-refractivity contribution in [3.8, 4) is 0 Å². The van der Waals surface area contributed by atoms with Gasteiger partial charge in [-0.05, 0) is 41.4 Å². The molecule has 2 rings (SSSR count). The van der Waals surface area contributed by atoms with Gasteiger partial charge in [0, 0.05) is 4.48 Å². The van der Waals surface area contributed by atoms with Crippen LogP contribution >= 0.6 is 15.9 Å². The van der Waals surface area contributed by atoms with Gasteiger partial charge in [0.05, 0.1) is 6.21 Å². The minimum absolute atomic E-state index is 0.767. The molecule has 0 bridgehead atoms. The Hall–Kier alpha value is -1.75. The summed E-state index contributed by atoms with van der Waals surface area (Å²) in [6, 6.07) is 10.0. The number of rotatable bonds is 3. The fourth-order valence-corrected chi connectivity index (χ4v) is 1.85. The number of hydrogen-bond acceptors (Lipinski definition) is 3. The number of halogens is 1. The average Bonchev–Trinajstić information content (AvgIpc) is 2.68. The van der Waals surface area contributed by atoms with E-state index in [1.54, 1.807) is 10.9 Å². The molecular formula is C13H13BrN4. The SMILES string of the molecule is Cc1nnc(C)n1N=C/C(Br)=C/c1ccccc1. The second-order valence-electron chi connectivity index (χ2n) is 3.79. The molecule has 0 saturated carbocycles. The number of aryl methyl sites for hydroxylation is 2. The Labute approximate surface area is 114 Å². The smallest absolute Gasteiger partial charge is 0.151 e. The van der Waals surface area contributed by atoms with Crippen LogP contribution in [0.2, 0.25) is 0 Å². The summed E-state index contributed by atoms with van der Waals surface area (Å²) in [6.07, 6.45) is 3.73. The maximum atomic E-state index is 4.31. The zero-order valence-corrected chi connectivity index (χ0v) is 11.8. The van der Waals surface area contributed by atoms with E-state index in [0.29, 0.717) is 0 Å². The number of benzene rings is 1. The zero-order valence-electron chi connectivity index (χ0n) is 10.2. The van der Waals surface area contributed by atoms with Gasteiger partial charge in [-0.2, -0.15) is 5.10 Å². The lowest BCUT2D eigenvalue weighted by atomic mass is 10.2. The van der Waals surface area contributed by atoms with Gasteiger partial charge in [-0.15, -0.1) is 10.2 Å². The Morgan fingerprint density at radius 1 is 1.17 bits per heavy atom. The Morgan fingerprint density at radius 3 is 2.39 bits per heavy atom. The van der Waals surface area contributed by atoms with Crippen LogP contribution in [0, 0.1) is 13.8 Å². The van der Waals surface area contributed by atoms with Gasteiger partial charge in [0.2, 0.25) is 0 Å². The summed E-state index contributed by atoms with van der Waals surface area (Å²) >= 11 is 3.47. The fraction of sp³-hybridized carbons (Fsp3) is 0.154. The van der Waals surface area contributed by atoms with Gasteiger partial charge in [0.1, 0.15) is 0 Å². The summed E-state index contributed by atoms with van der Waals surface area (Å²) in [5.41, 5.74) is 1.12. The van der Waals surface area contributed by atoms with E-state index in [0.717, 1.165) is 21.7 Å². The molecule has 1 heterocycles. The van der Waals surface area contributed by atoms with E-state index < -0.39 is 0 Å². The number of allylic oxidation sites excluding steroid dienone is 1. The topological polar surface area (TPSA) is 43.1 Å². The van der Waals surface area contributed by atoms with Crippen LogP contribution in [0.1, 0.15) is 17.2 Å². The van der Waals surface area contributed by atoms with E-state index in [9.17, 15) is 0 Å². The second kappa shape index (κ2) is 5.73. The summed E-state index contributed by atoms with van der Waals surface area (Å²) in [4.78, 5) is 0. The highest BCUT2D eigenvalue weighted by atomic mass is 79.9. The Bertz CT molecular complexity index is 565.